The number of methoxy groups -OCH3 is 1. The molecule has 0 fully saturated rings. The molecule has 5 heteroatoms. The molecule has 0 heterocycles. The lowest BCUT2D eigenvalue weighted by Gasteiger charge is -2.11. The molecule has 0 spiro atoms. The molecule has 0 aliphatic rings. The summed E-state index contributed by atoms with van der Waals surface area (Å²) >= 11 is 0. The maximum Gasteiger partial charge on any atom is 0.308 e. The van der Waals surface area contributed by atoms with Crippen LogP contribution in [0.3, 0.4) is 0 Å². The molecule has 1 N–H and O–H groups in total. The highest BCUT2D eigenvalue weighted by molar-refractivity contribution is 5.79. The Morgan fingerprint density at radius 1 is 1.43 bits per heavy atom. The standard InChI is InChI=1S/C9H16O5/c1-4-7(10)14-8(11)5-6(2)9(12)13-3/h6-7,10H,4-5H2,1-3H3. The van der Waals surface area contributed by atoms with E-state index in [-0.39, 0.29) is 6.42 Å². The maximum absolute atomic E-state index is 11.1. The van der Waals surface area contributed by atoms with Gasteiger partial charge < -0.3 is 14.6 Å². The van der Waals surface area contributed by atoms with Gasteiger partial charge in [-0.15, -0.1) is 0 Å². The second-order valence-electron chi connectivity index (χ2n) is 2.98. The van der Waals surface area contributed by atoms with Crippen molar-refractivity contribution < 1.29 is 24.2 Å². The summed E-state index contributed by atoms with van der Waals surface area (Å²) in [6, 6.07) is 0. The first-order chi connectivity index (χ1) is 6.51. The topological polar surface area (TPSA) is 72.8 Å². The largest absolute Gasteiger partial charge is 0.469 e. The lowest BCUT2D eigenvalue weighted by Crippen LogP contribution is -2.22. The van der Waals surface area contributed by atoms with Gasteiger partial charge in [-0.1, -0.05) is 13.8 Å². The number of carbonyl (C=O) groups excluding carboxylic acids is 2. The molecule has 0 aromatic carbocycles. The van der Waals surface area contributed by atoms with Crippen LogP contribution in [0.5, 0.6) is 0 Å². The molecule has 0 saturated heterocycles. The van der Waals surface area contributed by atoms with Crippen LogP contribution in [0.1, 0.15) is 26.7 Å². The van der Waals surface area contributed by atoms with Crippen LogP contribution in [0.15, 0.2) is 0 Å². The SMILES string of the molecule is CCC(O)OC(=O)CC(C)C(=O)OC. The van der Waals surface area contributed by atoms with E-state index in [9.17, 15) is 9.59 Å². The van der Waals surface area contributed by atoms with Crippen LogP contribution in [0.4, 0.5) is 0 Å². The normalized spacial score (nSPS) is 14.3. The summed E-state index contributed by atoms with van der Waals surface area (Å²) in [5.74, 6) is -1.61. The molecule has 14 heavy (non-hydrogen) atoms. The van der Waals surface area contributed by atoms with Crippen molar-refractivity contribution >= 4 is 11.9 Å². The molecular weight excluding hydrogens is 188 g/mol. The van der Waals surface area contributed by atoms with Crippen molar-refractivity contribution in [1.82, 2.24) is 0 Å². The third-order valence-corrected chi connectivity index (χ3v) is 1.69. The lowest BCUT2D eigenvalue weighted by atomic mass is 10.1. The van der Waals surface area contributed by atoms with Gasteiger partial charge in [0.25, 0.3) is 0 Å². The van der Waals surface area contributed by atoms with E-state index in [0.717, 1.165) is 0 Å². The highest BCUT2D eigenvalue weighted by Gasteiger charge is 2.19. The van der Waals surface area contributed by atoms with Crippen molar-refractivity contribution in [1.29, 1.82) is 0 Å². The van der Waals surface area contributed by atoms with E-state index in [1.807, 2.05) is 0 Å². The number of hydrogen-bond donors (Lipinski definition) is 1. The number of aliphatic hydroxyl groups excluding tert-OH is 1. The van der Waals surface area contributed by atoms with E-state index in [2.05, 4.69) is 9.47 Å². The Bertz CT molecular complexity index is 201. The summed E-state index contributed by atoms with van der Waals surface area (Å²) in [5.41, 5.74) is 0. The van der Waals surface area contributed by atoms with Gasteiger partial charge in [0.05, 0.1) is 19.4 Å². The molecule has 0 radical (unpaired) electrons. The zero-order valence-corrected chi connectivity index (χ0v) is 8.65. The fourth-order valence-corrected chi connectivity index (χ4v) is 0.818. The summed E-state index contributed by atoms with van der Waals surface area (Å²) < 4.78 is 9.01. The minimum absolute atomic E-state index is 0.0796. The molecule has 0 amide bonds. The fraction of sp³-hybridized carbons (Fsp3) is 0.778. The first kappa shape index (κ1) is 12.9. The van der Waals surface area contributed by atoms with Crippen LogP contribution in [-0.4, -0.2) is 30.4 Å². The zero-order valence-electron chi connectivity index (χ0n) is 8.65. The summed E-state index contributed by atoms with van der Waals surface area (Å²) in [6.07, 6.45) is -0.838. The van der Waals surface area contributed by atoms with Crippen LogP contribution in [0.25, 0.3) is 0 Å². The van der Waals surface area contributed by atoms with E-state index in [0.29, 0.717) is 6.42 Å². The van der Waals surface area contributed by atoms with Gasteiger partial charge in [0.15, 0.2) is 6.29 Å². The molecule has 0 aliphatic heterocycles. The third-order valence-electron chi connectivity index (χ3n) is 1.69. The summed E-state index contributed by atoms with van der Waals surface area (Å²) in [7, 11) is 1.26. The van der Waals surface area contributed by atoms with Crippen LogP contribution >= 0.6 is 0 Å². The smallest absolute Gasteiger partial charge is 0.308 e. The van der Waals surface area contributed by atoms with Crippen molar-refractivity contribution in [3.8, 4) is 0 Å². The van der Waals surface area contributed by atoms with Gasteiger partial charge in [0.1, 0.15) is 0 Å². The van der Waals surface area contributed by atoms with Crippen LogP contribution in [0, 0.1) is 5.92 Å². The van der Waals surface area contributed by atoms with Gasteiger partial charge in [-0.3, -0.25) is 9.59 Å². The van der Waals surface area contributed by atoms with Crippen LogP contribution in [0.2, 0.25) is 0 Å². The van der Waals surface area contributed by atoms with Gasteiger partial charge in [0, 0.05) is 6.42 Å². The molecule has 0 rings (SSSR count). The van der Waals surface area contributed by atoms with E-state index in [1.165, 1.54) is 7.11 Å². The van der Waals surface area contributed by atoms with E-state index in [4.69, 9.17) is 5.11 Å². The molecule has 0 bridgehead atoms. The second kappa shape index (κ2) is 6.37. The van der Waals surface area contributed by atoms with Crippen molar-refractivity contribution in [3.05, 3.63) is 0 Å². The Hall–Kier alpha value is -1.10. The summed E-state index contributed by atoms with van der Waals surface area (Å²) in [6.45, 7) is 3.24. The predicted octanol–water partition coefficient (Wildman–Crippen LogP) is 0.457. The number of rotatable bonds is 5. The Labute approximate surface area is 83.0 Å². The van der Waals surface area contributed by atoms with Crippen molar-refractivity contribution in [3.63, 3.8) is 0 Å². The molecule has 82 valence electrons. The average Bonchev–Trinajstić information content (AvgIpc) is 2.15. The number of hydrogen-bond acceptors (Lipinski definition) is 5. The predicted molar refractivity (Wildman–Crippen MR) is 48.2 cm³/mol. The minimum Gasteiger partial charge on any atom is -0.469 e. The molecular formula is C9H16O5. The monoisotopic (exact) mass is 204 g/mol. The molecule has 2 unspecified atom stereocenters. The lowest BCUT2D eigenvalue weighted by molar-refractivity contribution is -0.171. The van der Waals surface area contributed by atoms with Gasteiger partial charge >= 0.3 is 11.9 Å². The van der Waals surface area contributed by atoms with E-state index >= 15 is 0 Å². The number of ether oxygens (including phenoxy) is 2. The Balaban J connectivity index is 3.88. The average molecular weight is 204 g/mol. The van der Waals surface area contributed by atoms with Crippen molar-refractivity contribution in [2.24, 2.45) is 5.92 Å². The number of carbonyl (C=O) groups is 2. The Morgan fingerprint density at radius 3 is 2.43 bits per heavy atom. The molecule has 2 atom stereocenters. The Morgan fingerprint density at radius 2 is 2.00 bits per heavy atom. The van der Waals surface area contributed by atoms with Crippen molar-refractivity contribution in [2.45, 2.75) is 33.0 Å². The van der Waals surface area contributed by atoms with Gasteiger partial charge in [-0.25, -0.2) is 0 Å². The zero-order chi connectivity index (χ0) is 11.1. The minimum atomic E-state index is -1.09. The van der Waals surface area contributed by atoms with E-state index in [1.54, 1.807) is 13.8 Å². The van der Waals surface area contributed by atoms with Gasteiger partial charge in [-0.05, 0) is 0 Å². The highest BCUT2D eigenvalue weighted by Crippen LogP contribution is 2.07. The van der Waals surface area contributed by atoms with Gasteiger partial charge in [0.2, 0.25) is 0 Å². The molecule has 0 saturated carbocycles. The molecule has 5 nitrogen and oxygen atoms in total. The second-order valence-corrected chi connectivity index (χ2v) is 2.98. The first-order valence-corrected chi connectivity index (χ1v) is 4.46. The Kier molecular flexibility index (Phi) is 5.87. The fourth-order valence-electron chi connectivity index (χ4n) is 0.818. The maximum atomic E-state index is 11.1. The summed E-state index contributed by atoms with van der Waals surface area (Å²) in [4.78, 5) is 22.0. The summed E-state index contributed by atoms with van der Waals surface area (Å²) in [5, 5.41) is 8.98. The quantitative estimate of drug-likeness (QED) is 0.520. The molecule has 0 aromatic heterocycles. The highest BCUT2D eigenvalue weighted by atomic mass is 16.6. The van der Waals surface area contributed by atoms with Crippen LogP contribution < -0.4 is 0 Å². The van der Waals surface area contributed by atoms with Crippen molar-refractivity contribution in [2.75, 3.05) is 7.11 Å². The third kappa shape index (κ3) is 4.81. The molecule has 0 aromatic rings. The van der Waals surface area contributed by atoms with Gasteiger partial charge in [-0.2, -0.15) is 0 Å². The number of esters is 2. The first-order valence-electron chi connectivity index (χ1n) is 4.46. The number of aliphatic hydroxyl groups is 1. The van der Waals surface area contributed by atoms with Crippen LogP contribution in [-0.2, 0) is 19.1 Å². The molecule has 0 aliphatic carbocycles. The van der Waals surface area contributed by atoms with E-state index < -0.39 is 24.1 Å².